The topological polar surface area (TPSA) is 35.2 Å². The van der Waals surface area contributed by atoms with Crippen LogP contribution in [-0.2, 0) is 6.42 Å². The Morgan fingerprint density at radius 2 is 1.89 bits per heavy atom. The van der Waals surface area contributed by atoms with E-state index in [9.17, 15) is 0 Å². The van der Waals surface area contributed by atoms with Crippen LogP contribution in [0.5, 0.6) is 11.5 Å². The zero-order valence-corrected chi connectivity index (χ0v) is 12.1. The van der Waals surface area contributed by atoms with E-state index in [2.05, 4.69) is 6.92 Å². The monoisotopic (exact) mass is 291 g/mol. The number of halogens is 1. The molecule has 4 heteroatoms. The molecule has 98 valence electrons. The first kappa shape index (κ1) is 13.8. The Kier molecular flexibility index (Phi) is 4.40. The second-order valence-electron chi connectivity index (χ2n) is 4.08. The summed E-state index contributed by atoms with van der Waals surface area (Å²) >= 11 is 11.1. The van der Waals surface area contributed by atoms with Gasteiger partial charge in [-0.3, -0.25) is 0 Å². The fourth-order valence-electron chi connectivity index (χ4n) is 1.75. The highest BCUT2D eigenvalue weighted by Gasteiger charge is 2.11. The molecule has 19 heavy (non-hydrogen) atoms. The summed E-state index contributed by atoms with van der Waals surface area (Å²) < 4.78 is 5.80. The number of thiocarbonyl (C=S) groups is 1. The lowest BCUT2D eigenvalue weighted by atomic mass is 10.1. The highest BCUT2D eigenvalue weighted by atomic mass is 35.5. The molecule has 0 atom stereocenters. The van der Waals surface area contributed by atoms with Crippen LogP contribution in [0.2, 0.25) is 5.02 Å². The van der Waals surface area contributed by atoms with Gasteiger partial charge in [0.25, 0.3) is 0 Å². The van der Waals surface area contributed by atoms with E-state index in [0.29, 0.717) is 16.3 Å². The molecule has 0 amide bonds. The van der Waals surface area contributed by atoms with Gasteiger partial charge in [0.15, 0.2) is 0 Å². The van der Waals surface area contributed by atoms with E-state index in [4.69, 9.17) is 34.3 Å². The summed E-state index contributed by atoms with van der Waals surface area (Å²) in [6, 6.07) is 13.2. The van der Waals surface area contributed by atoms with E-state index in [1.807, 2.05) is 24.3 Å². The minimum atomic E-state index is 0.228. The van der Waals surface area contributed by atoms with Gasteiger partial charge >= 0.3 is 0 Å². The van der Waals surface area contributed by atoms with E-state index in [1.54, 1.807) is 18.2 Å². The summed E-state index contributed by atoms with van der Waals surface area (Å²) in [6.45, 7) is 2.11. The summed E-state index contributed by atoms with van der Waals surface area (Å²) in [4.78, 5) is 0.228. The first-order valence-corrected chi connectivity index (χ1v) is 6.75. The molecule has 2 aromatic carbocycles. The van der Waals surface area contributed by atoms with E-state index in [1.165, 1.54) is 5.56 Å². The summed E-state index contributed by atoms with van der Waals surface area (Å²) in [5, 5.41) is 0.496. The van der Waals surface area contributed by atoms with E-state index in [0.717, 1.165) is 12.2 Å². The van der Waals surface area contributed by atoms with Crippen molar-refractivity contribution in [1.82, 2.24) is 0 Å². The molecule has 2 N–H and O–H groups in total. The maximum Gasteiger partial charge on any atom is 0.139 e. The highest BCUT2D eigenvalue weighted by Crippen LogP contribution is 2.30. The minimum absolute atomic E-state index is 0.228. The summed E-state index contributed by atoms with van der Waals surface area (Å²) in [5.74, 6) is 1.31. The van der Waals surface area contributed by atoms with Crippen molar-refractivity contribution in [3.63, 3.8) is 0 Å². The van der Waals surface area contributed by atoms with Gasteiger partial charge in [-0.1, -0.05) is 48.9 Å². The molecule has 0 fully saturated rings. The maximum absolute atomic E-state index is 6.09. The quantitative estimate of drug-likeness (QED) is 0.852. The second-order valence-corrected chi connectivity index (χ2v) is 4.92. The molecule has 2 rings (SSSR count). The Morgan fingerprint density at radius 1 is 1.21 bits per heavy atom. The molecular formula is C15H14ClNOS. The molecule has 0 aromatic heterocycles. The van der Waals surface area contributed by atoms with Crippen molar-refractivity contribution in [2.45, 2.75) is 13.3 Å². The average Bonchev–Trinajstić information content (AvgIpc) is 2.39. The van der Waals surface area contributed by atoms with Gasteiger partial charge < -0.3 is 10.5 Å². The Labute approximate surface area is 123 Å². The Hall–Kier alpha value is -1.58. The van der Waals surface area contributed by atoms with Crippen LogP contribution in [0.25, 0.3) is 0 Å². The molecule has 0 aliphatic carbocycles. The van der Waals surface area contributed by atoms with Crippen molar-refractivity contribution in [3.8, 4) is 11.5 Å². The van der Waals surface area contributed by atoms with Gasteiger partial charge in [-0.2, -0.15) is 0 Å². The molecular weight excluding hydrogens is 278 g/mol. The third-order valence-electron chi connectivity index (χ3n) is 2.78. The van der Waals surface area contributed by atoms with Crippen LogP contribution in [0, 0.1) is 0 Å². The van der Waals surface area contributed by atoms with Gasteiger partial charge in [-0.05, 0) is 36.2 Å². The lowest BCUT2D eigenvalue weighted by Gasteiger charge is -2.11. The fourth-order valence-corrected chi connectivity index (χ4v) is 2.28. The van der Waals surface area contributed by atoms with Gasteiger partial charge in [0.1, 0.15) is 16.5 Å². The van der Waals surface area contributed by atoms with Crippen LogP contribution in [0.3, 0.4) is 0 Å². The van der Waals surface area contributed by atoms with Crippen LogP contribution >= 0.6 is 23.8 Å². The molecule has 2 nitrogen and oxygen atoms in total. The predicted molar refractivity (Wildman–Crippen MR) is 83.2 cm³/mol. The average molecular weight is 292 g/mol. The van der Waals surface area contributed by atoms with E-state index < -0.39 is 0 Å². The fraction of sp³-hybridized carbons (Fsp3) is 0.133. The zero-order chi connectivity index (χ0) is 13.8. The molecule has 0 radical (unpaired) electrons. The lowest BCUT2D eigenvalue weighted by molar-refractivity contribution is 0.481. The Morgan fingerprint density at radius 3 is 2.47 bits per heavy atom. The summed E-state index contributed by atoms with van der Waals surface area (Å²) in [7, 11) is 0. The molecule has 0 heterocycles. The minimum Gasteiger partial charge on any atom is -0.457 e. The normalized spacial score (nSPS) is 10.2. The van der Waals surface area contributed by atoms with Crippen molar-refractivity contribution in [1.29, 1.82) is 0 Å². The van der Waals surface area contributed by atoms with Crippen molar-refractivity contribution in [2.24, 2.45) is 5.73 Å². The number of hydrogen-bond acceptors (Lipinski definition) is 2. The molecule has 2 aromatic rings. The smallest absolute Gasteiger partial charge is 0.139 e. The molecule has 0 aliphatic rings. The first-order chi connectivity index (χ1) is 9.11. The number of rotatable bonds is 4. The Balaban J connectivity index is 2.32. The predicted octanol–water partition coefficient (Wildman–Crippen LogP) is 4.33. The van der Waals surface area contributed by atoms with E-state index in [-0.39, 0.29) is 4.99 Å². The maximum atomic E-state index is 6.09. The van der Waals surface area contributed by atoms with Gasteiger partial charge in [0, 0.05) is 0 Å². The number of ether oxygens (including phenoxy) is 1. The van der Waals surface area contributed by atoms with E-state index >= 15 is 0 Å². The van der Waals surface area contributed by atoms with Crippen LogP contribution in [0.15, 0.2) is 42.5 Å². The van der Waals surface area contributed by atoms with Gasteiger partial charge in [0.2, 0.25) is 0 Å². The second kappa shape index (κ2) is 6.04. The molecule has 0 saturated heterocycles. The van der Waals surface area contributed by atoms with Crippen molar-refractivity contribution >= 4 is 28.8 Å². The Bertz CT molecular complexity index is 596. The molecule has 0 saturated carbocycles. The largest absolute Gasteiger partial charge is 0.457 e. The number of hydrogen-bond donors (Lipinski definition) is 1. The molecule has 0 bridgehead atoms. The van der Waals surface area contributed by atoms with Gasteiger partial charge in [-0.25, -0.2) is 0 Å². The standard InChI is InChI=1S/C15H14ClNOS/c1-2-10-6-8-11(9-7-10)18-13-5-3-4-12(16)14(13)15(17)19/h3-9H,2H2,1H3,(H2,17,19). The third-order valence-corrected chi connectivity index (χ3v) is 3.30. The van der Waals surface area contributed by atoms with Crippen LogP contribution in [0.4, 0.5) is 0 Å². The van der Waals surface area contributed by atoms with Gasteiger partial charge in [-0.15, -0.1) is 0 Å². The van der Waals surface area contributed by atoms with Crippen molar-refractivity contribution in [2.75, 3.05) is 0 Å². The van der Waals surface area contributed by atoms with Crippen molar-refractivity contribution in [3.05, 3.63) is 58.6 Å². The van der Waals surface area contributed by atoms with Crippen LogP contribution < -0.4 is 10.5 Å². The van der Waals surface area contributed by atoms with Crippen molar-refractivity contribution < 1.29 is 4.74 Å². The third kappa shape index (κ3) is 3.25. The van der Waals surface area contributed by atoms with Gasteiger partial charge in [0.05, 0.1) is 10.6 Å². The summed E-state index contributed by atoms with van der Waals surface area (Å²) in [5.41, 5.74) is 7.51. The zero-order valence-electron chi connectivity index (χ0n) is 10.5. The lowest BCUT2D eigenvalue weighted by Crippen LogP contribution is -2.11. The number of aryl methyl sites for hydroxylation is 1. The summed E-state index contributed by atoms with van der Waals surface area (Å²) in [6.07, 6.45) is 0.996. The first-order valence-electron chi connectivity index (χ1n) is 5.97. The van der Waals surface area contributed by atoms with Crippen LogP contribution in [0.1, 0.15) is 18.1 Å². The molecule has 0 spiro atoms. The van der Waals surface area contributed by atoms with Crippen LogP contribution in [-0.4, -0.2) is 4.99 Å². The molecule has 0 unspecified atom stereocenters. The highest BCUT2D eigenvalue weighted by molar-refractivity contribution is 7.80. The number of benzene rings is 2. The SMILES string of the molecule is CCc1ccc(Oc2cccc(Cl)c2C(N)=S)cc1. The number of nitrogens with two attached hydrogens (primary N) is 1. The molecule has 0 aliphatic heterocycles.